The van der Waals surface area contributed by atoms with Crippen LogP contribution in [-0.4, -0.2) is 37.3 Å². The minimum atomic E-state index is 0. The molecule has 0 heterocycles. The highest BCUT2D eigenvalue weighted by molar-refractivity contribution is 14.0. The molecule has 0 aliphatic heterocycles. The molecule has 4 nitrogen and oxygen atoms in total. The quantitative estimate of drug-likeness (QED) is 0.380. The van der Waals surface area contributed by atoms with E-state index in [1.54, 1.807) is 0 Å². The first-order chi connectivity index (χ1) is 9.31. The fraction of sp³-hybridized carbons (Fsp3) is 0.533. The van der Waals surface area contributed by atoms with Gasteiger partial charge in [0, 0.05) is 19.0 Å². The van der Waals surface area contributed by atoms with E-state index in [0.29, 0.717) is 6.54 Å². The Morgan fingerprint density at radius 3 is 2.45 bits per heavy atom. The highest BCUT2D eigenvalue weighted by Crippen LogP contribution is 2.14. The number of aliphatic hydroxyl groups is 1. The molecule has 0 aliphatic rings. The largest absolute Gasteiger partial charge is 0.396 e. The van der Waals surface area contributed by atoms with Gasteiger partial charge in [0.2, 0.25) is 0 Å². The first kappa shape index (κ1) is 19.2. The van der Waals surface area contributed by atoms with Crippen LogP contribution in [-0.2, 0) is 0 Å². The van der Waals surface area contributed by atoms with Gasteiger partial charge in [-0.2, -0.15) is 0 Å². The molecule has 0 spiro atoms. The summed E-state index contributed by atoms with van der Waals surface area (Å²) in [6.07, 6.45) is 1.06. The van der Waals surface area contributed by atoms with Crippen molar-refractivity contribution < 1.29 is 5.11 Å². The summed E-state index contributed by atoms with van der Waals surface area (Å²) in [6.45, 7) is 6.60. The van der Waals surface area contributed by atoms with Crippen molar-refractivity contribution in [3.63, 3.8) is 0 Å². The van der Waals surface area contributed by atoms with E-state index in [0.717, 1.165) is 31.0 Å². The maximum Gasteiger partial charge on any atom is 0.191 e. The molecule has 0 amide bonds. The molecule has 3 N–H and O–H groups in total. The van der Waals surface area contributed by atoms with Crippen LogP contribution in [0.3, 0.4) is 0 Å². The van der Waals surface area contributed by atoms with Gasteiger partial charge in [0.1, 0.15) is 0 Å². The maximum absolute atomic E-state index is 9.49. The van der Waals surface area contributed by atoms with Crippen LogP contribution in [0.1, 0.15) is 31.7 Å². The molecule has 0 radical (unpaired) electrons. The molecule has 1 unspecified atom stereocenters. The molecule has 0 saturated heterocycles. The molecule has 1 aromatic carbocycles. The van der Waals surface area contributed by atoms with Crippen molar-refractivity contribution in [2.24, 2.45) is 4.99 Å². The van der Waals surface area contributed by atoms with Crippen LogP contribution in [0.5, 0.6) is 0 Å². The molecule has 114 valence electrons. The first-order valence-corrected chi connectivity index (χ1v) is 6.99. The number of benzene rings is 1. The van der Waals surface area contributed by atoms with Crippen LogP contribution in [0.25, 0.3) is 0 Å². The Morgan fingerprint density at radius 2 is 1.90 bits per heavy atom. The van der Waals surface area contributed by atoms with Gasteiger partial charge in [-0.15, -0.1) is 24.0 Å². The van der Waals surface area contributed by atoms with Gasteiger partial charge in [0.25, 0.3) is 0 Å². The topological polar surface area (TPSA) is 56.7 Å². The van der Waals surface area contributed by atoms with Gasteiger partial charge in [0.15, 0.2) is 5.96 Å². The Morgan fingerprint density at radius 1 is 1.20 bits per heavy atom. The Bertz CT molecular complexity index is 371. The first-order valence-electron chi connectivity index (χ1n) is 6.99. The Balaban J connectivity index is 0.00000361. The monoisotopic (exact) mass is 391 g/mol. The number of halogens is 1. The van der Waals surface area contributed by atoms with E-state index in [2.05, 4.69) is 22.5 Å². The van der Waals surface area contributed by atoms with Gasteiger partial charge in [0.05, 0.1) is 13.2 Å². The van der Waals surface area contributed by atoms with E-state index in [9.17, 15) is 5.11 Å². The fourth-order valence-electron chi connectivity index (χ4n) is 1.78. The molecule has 0 bridgehead atoms. The Hall–Kier alpha value is -0.820. The number of hydrogen-bond acceptors (Lipinski definition) is 2. The molecular formula is C15H26IN3O. The minimum Gasteiger partial charge on any atom is -0.396 e. The summed E-state index contributed by atoms with van der Waals surface area (Å²) in [7, 11) is 0. The number of aliphatic imine (C=N–C) groups is 1. The summed E-state index contributed by atoms with van der Waals surface area (Å²) in [5, 5.41) is 16.0. The third-order valence-corrected chi connectivity index (χ3v) is 2.85. The van der Waals surface area contributed by atoms with E-state index in [4.69, 9.17) is 0 Å². The summed E-state index contributed by atoms with van der Waals surface area (Å²) in [5.41, 5.74) is 1.13. The third kappa shape index (κ3) is 7.09. The van der Waals surface area contributed by atoms with E-state index in [1.807, 2.05) is 37.3 Å². The summed E-state index contributed by atoms with van der Waals surface area (Å²) in [4.78, 5) is 4.53. The van der Waals surface area contributed by atoms with Gasteiger partial charge < -0.3 is 15.7 Å². The van der Waals surface area contributed by atoms with Crippen molar-refractivity contribution in [3.8, 4) is 0 Å². The zero-order valence-electron chi connectivity index (χ0n) is 12.3. The SMILES string of the molecule is CCCNC(=NCC(CO)c1ccccc1)NCC.I. The van der Waals surface area contributed by atoms with Gasteiger partial charge >= 0.3 is 0 Å². The van der Waals surface area contributed by atoms with Gasteiger partial charge in [-0.25, -0.2) is 0 Å². The molecule has 1 aromatic rings. The summed E-state index contributed by atoms with van der Waals surface area (Å²) < 4.78 is 0. The van der Waals surface area contributed by atoms with Crippen LogP contribution in [0.2, 0.25) is 0 Å². The molecule has 0 saturated carbocycles. The van der Waals surface area contributed by atoms with Gasteiger partial charge in [-0.1, -0.05) is 37.3 Å². The lowest BCUT2D eigenvalue weighted by Crippen LogP contribution is -2.38. The highest BCUT2D eigenvalue weighted by Gasteiger charge is 2.09. The zero-order chi connectivity index (χ0) is 13.9. The lowest BCUT2D eigenvalue weighted by atomic mass is 10.0. The summed E-state index contributed by atoms with van der Waals surface area (Å²) in [6, 6.07) is 10.0. The fourth-order valence-corrected chi connectivity index (χ4v) is 1.78. The summed E-state index contributed by atoms with van der Waals surface area (Å²) >= 11 is 0. The molecule has 1 rings (SSSR count). The van der Waals surface area contributed by atoms with Crippen molar-refractivity contribution in [1.29, 1.82) is 0 Å². The lowest BCUT2D eigenvalue weighted by molar-refractivity contribution is 0.268. The lowest BCUT2D eigenvalue weighted by Gasteiger charge is -2.14. The molecule has 0 aromatic heterocycles. The number of guanidine groups is 1. The van der Waals surface area contributed by atoms with Crippen LogP contribution < -0.4 is 10.6 Å². The second kappa shape index (κ2) is 12.0. The van der Waals surface area contributed by atoms with Crippen molar-refractivity contribution in [2.45, 2.75) is 26.2 Å². The van der Waals surface area contributed by atoms with E-state index < -0.39 is 0 Å². The molecular weight excluding hydrogens is 365 g/mol. The van der Waals surface area contributed by atoms with Crippen LogP contribution in [0.15, 0.2) is 35.3 Å². The Kier molecular flexibility index (Phi) is 11.5. The molecule has 20 heavy (non-hydrogen) atoms. The number of aliphatic hydroxyl groups excluding tert-OH is 1. The number of hydrogen-bond donors (Lipinski definition) is 3. The smallest absolute Gasteiger partial charge is 0.191 e. The minimum absolute atomic E-state index is 0. The number of rotatable bonds is 7. The van der Waals surface area contributed by atoms with E-state index >= 15 is 0 Å². The van der Waals surface area contributed by atoms with Crippen molar-refractivity contribution in [3.05, 3.63) is 35.9 Å². The van der Waals surface area contributed by atoms with Gasteiger partial charge in [-0.05, 0) is 18.9 Å². The average molecular weight is 391 g/mol. The molecule has 1 atom stereocenters. The van der Waals surface area contributed by atoms with Crippen molar-refractivity contribution >= 4 is 29.9 Å². The molecule has 0 fully saturated rings. The zero-order valence-corrected chi connectivity index (χ0v) is 14.6. The molecule has 0 aliphatic carbocycles. The van der Waals surface area contributed by atoms with Crippen LogP contribution in [0.4, 0.5) is 0 Å². The third-order valence-electron chi connectivity index (χ3n) is 2.85. The highest BCUT2D eigenvalue weighted by atomic mass is 127. The number of nitrogens with one attached hydrogen (secondary N) is 2. The second-order valence-electron chi connectivity index (χ2n) is 4.44. The van der Waals surface area contributed by atoms with E-state index in [-0.39, 0.29) is 36.5 Å². The number of nitrogens with zero attached hydrogens (tertiary/aromatic N) is 1. The van der Waals surface area contributed by atoms with Gasteiger partial charge in [-0.3, -0.25) is 4.99 Å². The van der Waals surface area contributed by atoms with Crippen molar-refractivity contribution in [1.82, 2.24) is 10.6 Å². The van der Waals surface area contributed by atoms with Crippen molar-refractivity contribution in [2.75, 3.05) is 26.2 Å². The predicted octanol–water partition coefficient (Wildman–Crippen LogP) is 2.35. The Labute approximate surface area is 139 Å². The summed E-state index contributed by atoms with van der Waals surface area (Å²) in [5.74, 6) is 0.872. The van der Waals surface area contributed by atoms with E-state index in [1.165, 1.54) is 0 Å². The standard InChI is InChI=1S/C15H25N3O.HI/c1-3-10-17-15(16-4-2)18-11-14(12-19)13-8-6-5-7-9-13;/h5-9,14,19H,3-4,10-12H2,1-2H3,(H2,16,17,18);1H. The molecule has 5 heteroatoms. The maximum atomic E-state index is 9.49. The van der Waals surface area contributed by atoms with Crippen LogP contribution >= 0.6 is 24.0 Å². The van der Waals surface area contributed by atoms with Crippen LogP contribution in [0, 0.1) is 0 Å². The normalized spacial score (nSPS) is 12.4. The average Bonchev–Trinajstić information content (AvgIpc) is 2.46. The second-order valence-corrected chi connectivity index (χ2v) is 4.44. The predicted molar refractivity (Wildman–Crippen MR) is 96.0 cm³/mol.